The van der Waals surface area contributed by atoms with Gasteiger partial charge in [0.05, 0.1) is 13.1 Å². The fourth-order valence-electron chi connectivity index (χ4n) is 1.67. The van der Waals surface area contributed by atoms with Crippen molar-refractivity contribution >= 4 is 11.7 Å². The third kappa shape index (κ3) is 4.67. The number of nitrogens with two attached hydrogens (primary N) is 1. The highest BCUT2D eigenvalue weighted by molar-refractivity contribution is 5.75. The summed E-state index contributed by atoms with van der Waals surface area (Å²) in [5.41, 5.74) is 6.10. The van der Waals surface area contributed by atoms with Gasteiger partial charge in [-0.2, -0.15) is 0 Å². The predicted octanol–water partition coefficient (Wildman–Crippen LogP) is 0.524. The van der Waals surface area contributed by atoms with Gasteiger partial charge >= 0.3 is 0 Å². The normalized spacial score (nSPS) is 10.7. The van der Waals surface area contributed by atoms with E-state index in [2.05, 4.69) is 15.3 Å². The minimum absolute atomic E-state index is 0.227. The molecular weight excluding hydrogens is 230 g/mol. The second kappa shape index (κ2) is 6.90. The molecule has 0 saturated heterocycles. The van der Waals surface area contributed by atoms with Gasteiger partial charge in [0.25, 0.3) is 0 Å². The Morgan fingerprint density at radius 3 is 2.72 bits per heavy atom. The SMILES string of the molecule is CCNc1cc(C)nc(CN(CC)CC(N)=O)n1. The lowest BCUT2D eigenvalue weighted by atomic mass is 10.3. The van der Waals surface area contributed by atoms with Crippen LogP contribution in [-0.2, 0) is 11.3 Å². The first-order chi connectivity index (χ1) is 8.55. The number of nitrogens with zero attached hydrogens (tertiary/aromatic N) is 3. The molecule has 1 heterocycles. The molecule has 1 rings (SSSR count). The molecule has 0 radical (unpaired) electrons. The number of rotatable bonds is 7. The Morgan fingerprint density at radius 2 is 2.17 bits per heavy atom. The average Bonchev–Trinajstić information content (AvgIpc) is 2.27. The maximum Gasteiger partial charge on any atom is 0.231 e. The van der Waals surface area contributed by atoms with Gasteiger partial charge < -0.3 is 11.1 Å². The van der Waals surface area contributed by atoms with Crippen molar-refractivity contribution in [3.05, 3.63) is 17.6 Å². The molecule has 0 unspecified atom stereocenters. The second-order valence-electron chi connectivity index (χ2n) is 4.11. The zero-order valence-corrected chi connectivity index (χ0v) is 11.2. The second-order valence-corrected chi connectivity index (χ2v) is 4.11. The van der Waals surface area contributed by atoms with Crippen molar-refractivity contribution < 1.29 is 4.79 Å². The van der Waals surface area contributed by atoms with Crippen LogP contribution in [0.15, 0.2) is 6.07 Å². The lowest BCUT2D eigenvalue weighted by Gasteiger charge is -2.18. The van der Waals surface area contributed by atoms with E-state index in [1.54, 1.807) is 0 Å². The summed E-state index contributed by atoms with van der Waals surface area (Å²) in [5, 5.41) is 3.16. The molecule has 18 heavy (non-hydrogen) atoms. The van der Waals surface area contributed by atoms with Crippen molar-refractivity contribution in [3.8, 4) is 0 Å². The van der Waals surface area contributed by atoms with Crippen molar-refractivity contribution in [3.63, 3.8) is 0 Å². The van der Waals surface area contributed by atoms with E-state index in [1.807, 2.05) is 31.7 Å². The van der Waals surface area contributed by atoms with Crippen LogP contribution in [-0.4, -0.2) is 40.4 Å². The van der Waals surface area contributed by atoms with E-state index < -0.39 is 0 Å². The Bertz CT molecular complexity index is 407. The van der Waals surface area contributed by atoms with E-state index in [0.717, 1.165) is 24.6 Å². The van der Waals surface area contributed by atoms with Crippen LogP contribution in [0.1, 0.15) is 25.4 Å². The molecule has 0 aliphatic carbocycles. The van der Waals surface area contributed by atoms with Crippen LogP contribution in [0.2, 0.25) is 0 Å². The number of hydrogen-bond donors (Lipinski definition) is 2. The Kier molecular flexibility index (Phi) is 5.51. The number of likely N-dealkylation sites (N-methyl/N-ethyl adjacent to an activating group) is 1. The monoisotopic (exact) mass is 251 g/mol. The summed E-state index contributed by atoms with van der Waals surface area (Å²) < 4.78 is 0. The van der Waals surface area contributed by atoms with Gasteiger partial charge in [-0.3, -0.25) is 9.69 Å². The number of amides is 1. The van der Waals surface area contributed by atoms with Crippen molar-refractivity contribution in [2.24, 2.45) is 5.73 Å². The molecule has 0 aromatic carbocycles. The van der Waals surface area contributed by atoms with Gasteiger partial charge in [0.15, 0.2) is 0 Å². The number of carbonyl (C=O) groups is 1. The zero-order chi connectivity index (χ0) is 13.5. The Labute approximate surface area is 108 Å². The third-order valence-electron chi connectivity index (χ3n) is 2.45. The molecule has 3 N–H and O–H groups in total. The number of nitrogens with one attached hydrogen (secondary N) is 1. The molecule has 1 amide bonds. The summed E-state index contributed by atoms with van der Waals surface area (Å²) in [5.74, 6) is 1.18. The van der Waals surface area contributed by atoms with Crippen LogP contribution in [0, 0.1) is 6.92 Å². The van der Waals surface area contributed by atoms with Gasteiger partial charge in [-0.1, -0.05) is 6.92 Å². The van der Waals surface area contributed by atoms with Crippen LogP contribution in [0.4, 0.5) is 5.82 Å². The van der Waals surface area contributed by atoms with Gasteiger partial charge in [-0.05, 0) is 20.4 Å². The van der Waals surface area contributed by atoms with E-state index in [4.69, 9.17) is 5.73 Å². The Balaban J connectivity index is 2.78. The summed E-state index contributed by atoms with van der Waals surface area (Å²) >= 11 is 0. The molecule has 6 nitrogen and oxygen atoms in total. The van der Waals surface area contributed by atoms with Crippen LogP contribution < -0.4 is 11.1 Å². The molecule has 0 bridgehead atoms. The van der Waals surface area contributed by atoms with E-state index >= 15 is 0 Å². The average molecular weight is 251 g/mol. The summed E-state index contributed by atoms with van der Waals surface area (Å²) in [6.07, 6.45) is 0. The van der Waals surface area contributed by atoms with E-state index in [1.165, 1.54) is 0 Å². The minimum Gasteiger partial charge on any atom is -0.370 e. The van der Waals surface area contributed by atoms with E-state index in [9.17, 15) is 4.79 Å². The molecule has 0 aliphatic heterocycles. The van der Waals surface area contributed by atoms with Crippen molar-refractivity contribution in [2.45, 2.75) is 27.3 Å². The van der Waals surface area contributed by atoms with Gasteiger partial charge in [0.2, 0.25) is 5.91 Å². The minimum atomic E-state index is -0.337. The number of aromatic nitrogens is 2. The molecule has 1 aromatic rings. The smallest absolute Gasteiger partial charge is 0.231 e. The number of aryl methyl sites for hydroxylation is 1. The van der Waals surface area contributed by atoms with Crippen LogP contribution in [0.25, 0.3) is 0 Å². The maximum atomic E-state index is 10.9. The van der Waals surface area contributed by atoms with Gasteiger partial charge in [0.1, 0.15) is 11.6 Å². The number of hydrogen-bond acceptors (Lipinski definition) is 5. The molecule has 0 saturated carbocycles. The highest BCUT2D eigenvalue weighted by Gasteiger charge is 2.10. The fourth-order valence-corrected chi connectivity index (χ4v) is 1.67. The summed E-state index contributed by atoms with van der Waals surface area (Å²) in [6.45, 7) is 8.22. The summed E-state index contributed by atoms with van der Waals surface area (Å²) in [4.78, 5) is 21.6. The Hall–Kier alpha value is -1.69. The van der Waals surface area contributed by atoms with Gasteiger partial charge in [-0.25, -0.2) is 9.97 Å². The molecular formula is C12H21N5O. The van der Waals surface area contributed by atoms with E-state index in [0.29, 0.717) is 12.4 Å². The third-order valence-corrected chi connectivity index (χ3v) is 2.45. The van der Waals surface area contributed by atoms with Crippen molar-refractivity contribution in [2.75, 3.05) is 25.0 Å². The predicted molar refractivity (Wildman–Crippen MR) is 71.1 cm³/mol. The lowest BCUT2D eigenvalue weighted by Crippen LogP contribution is -2.33. The standard InChI is InChI=1S/C12H21N5O/c1-4-14-11-6-9(3)15-12(16-11)8-17(5-2)7-10(13)18/h6H,4-5,7-8H2,1-3H3,(H2,13,18)(H,14,15,16). The lowest BCUT2D eigenvalue weighted by molar-refractivity contribution is -0.119. The van der Waals surface area contributed by atoms with Crippen molar-refractivity contribution in [1.29, 1.82) is 0 Å². The topological polar surface area (TPSA) is 84.1 Å². The highest BCUT2D eigenvalue weighted by atomic mass is 16.1. The summed E-state index contributed by atoms with van der Waals surface area (Å²) in [7, 11) is 0. The van der Waals surface area contributed by atoms with Crippen LogP contribution in [0.3, 0.4) is 0 Å². The van der Waals surface area contributed by atoms with Gasteiger partial charge in [-0.15, -0.1) is 0 Å². The largest absolute Gasteiger partial charge is 0.370 e. The fraction of sp³-hybridized carbons (Fsp3) is 0.583. The highest BCUT2D eigenvalue weighted by Crippen LogP contribution is 2.07. The zero-order valence-electron chi connectivity index (χ0n) is 11.2. The summed E-state index contributed by atoms with van der Waals surface area (Å²) in [6, 6.07) is 1.90. The molecule has 6 heteroatoms. The van der Waals surface area contributed by atoms with Gasteiger partial charge in [0, 0.05) is 18.3 Å². The first-order valence-corrected chi connectivity index (χ1v) is 6.14. The number of anilines is 1. The Morgan fingerprint density at radius 1 is 1.44 bits per heavy atom. The molecule has 0 atom stereocenters. The van der Waals surface area contributed by atoms with Crippen LogP contribution in [0.5, 0.6) is 0 Å². The molecule has 1 aromatic heterocycles. The molecule has 0 spiro atoms. The molecule has 0 fully saturated rings. The first kappa shape index (κ1) is 14.4. The van der Waals surface area contributed by atoms with Crippen LogP contribution >= 0.6 is 0 Å². The first-order valence-electron chi connectivity index (χ1n) is 6.14. The molecule has 0 aliphatic rings. The number of carbonyl (C=O) groups excluding carboxylic acids is 1. The van der Waals surface area contributed by atoms with E-state index in [-0.39, 0.29) is 12.5 Å². The molecule has 100 valence electrons. The quantitative estimate of drug-likeness (QED) is 0.738. The van der Waals surface area contributed by atoms with Crippen molar-refractivity contribution in [1.82, 2.24) is 14.9 Å². The number of primary amides is 1. The maximum absolute atomic E-state index is 10.9.